The zero-order valence-corrected chi connectivity index (χ0v) is 11.4. The largest absolute Gasteiger partial charge is 0.0625 e. The van der Waals surface area contributed by atoms with Crippen LogP contribution in [0.25, 0.3) is 0 Å². The van der Waals surface area contributed by atoms with E-state index in [-0.39, 0.29) is 0 Å². The van der Waals surface area contributed by atoms with Crippen molar-refractivity contribution in [3.05, 3.63) is 0 Å². The van der Waals surface area contributed by atoms with Gasteiger partial charge in [0.2, 0.25) is 0 Å². The third-order valence-corrected chi connectivity index (χ3v) is 5.79. The number of fused-ring (bicyclic) bond motifs is 1. The van der Waals surface area contributed by atoms with Crippen molar-refractivity contribution in [3.8, 4) is 0 Å². The van der Waals surface area contributed by atoms with Crippen molar-refractivity contribution in [1.29, 1.82) is 0 Å². The number of rotatable bonds is 3. The molecule has 0 aromatic heterocycles. The van der Waals surface area contributed by atoms with E-state index >= 15 is 0 Å². The molecule has 0 aromatic rings. The van der Waals surface area contributed by atoms with Crippen LogP contribution in [0.15, 0.2) is 0 Å². The van der Waals surface area contributed by atoms with E-state index in [1.54, 1.807) is 0 Å². The summed E-state index contributed by atoms with van der Waals surface area (Å²) in [5, 5.41) is 0. The SMILES string of the molecule is CC(C)C(C)C(C)C1CC2CC(C)(C)C21. The Hall–Kier alpha value is 0. The van der Waals surface area contributed by atoms with Crippen molar-refractivity contribution in [2.24, 2.45) is 40.9 Å². The van der Waals surface area contributed by atoms with Crippen molar-refractivity contribution in [3.63, 3.8) is 0 Å². The topological polar surface area (TPSA) is 0 Å². The molecule has 0 spiro atoms. The smallest absolute Gasteiger partial charge is 0.0303 e. The first kappa shape index (κ1) is 11.5. The van der Waals surface area contributed by atoms with Gasteiger partial charge in [-0.3, -0.25) is 0 Å². The summed E-state index contributed by atoms with van der Waals surface area (Å²) in [6, 6.07) is 0. The van der Waals surface area contributed by atoms with E-state index < -0.39 is 0 Å². The predicted molar refractivity (Wildman–Crippen MR) is 66.7 cm³/mol. The van der Waals surface area contributed by atoms with Crippen LogP contribution >= 0.6 is 0 Å². The maximum absolute atomic E-state index is 2.50. The van der Waals surface area contributed by atoms with Gasteiger partial charge in [-0.05, 0) is 53.8 Å². The predicted octanol–water partition coefficient (Wildman–Crippen LogP) is 4.60. The fraction of sp³-hybridized carbons (Fsp3) is 1.00. The Morgan fingerprint density at radius 2 is 1.67 bits per heavy atom. The van der Waals surface area contributed by atoms with Crippen LogP contribution in [-0.4, -0.2) is 0 Å². The molecule has 0 N–H and O–H groups in total. The minimum atomic E-state index is 0.665. The summed E-state index contributed by atoms with van der Waals surface area (Å²) in [6.07, 6.45) is 3.03. The first-order valence-electron chi connectivity index (χ1n) is 6.84. The first-order valence-corrected chi connectivity index (χ1v) is 6.84. The highest BCUT2D eigenvalue weighted by atomic mass is 14.6. The Morgan fingerprint density at radius 3 is 2.07 bits per heavy atom. The van der Waals surface area contributed by atoms with Crippen molar-refractivity contribution in [1.82, 2.24) is 0 Å². The van der Waals surface area contributed by atoms with Crippen LogP contribution < -0.4 is 0 Å². The number of hydrogen-bond donors (Lipinski definition) is 0. The zero-order valence-electron chi connectivity index (χ0n) is 11.4. The molecule has 5 unspecified atom stereocenters. The molecule has 0 radical (unpaired) electrons. The van der Waals surface area contributed by atoms with Crippen LogP contribution in [0, 0.1) is 40.9 Å². The Balaban J connectivity index is 1.96. The summed E-state index contributed by atoms with van der Waals surface area (Å²) in [4.78, 5) is 0. The molecule has 2 saturated carbocycles. The molecule has 88 valence electrons. The summed E-state index contributed by atoms with van der Waals surface area (Å²) in [6.45, 7) is 14.7. The average Bonchev–Trinajstić information content (AvgIpc) is 2.08. The Morgan fingerprint density at radius 1 is 1.07 bits per heavy atom. The third-order valence-electron chi connectivity index (χ3n) is 5.79. The summed E-state index contributed by atoms with van der Waals surface area (Å²) in [7, 11) is 0. The van der Waals surface area contributed by atoms with Gasteiger partial charge in [-0.2, -0.15) is 0 Å². The highest BCUT2D eigenvalue weighted by Gasteiger charge is 2.59. The van der Waals surface area contributed by atoms with Crippen molar-refractivity contribution < 1.29 is 0 Å². The molecule has 0 saturated heterocycles. The second-order valence-corrected chi connectivity index (χ2v) is 7.34. The van der Waals surface area contributed by atoms with Gasteiger partial charge in [-0.1, -0.05) is 41.5 Å². The van der Waals surface area contributed by atoms with Gasteiger partial charge in [0.05, 0.1) is 0 Å². The first-order chi connectivity index (χ1) is 6.84. The monoisotopic (exact) mass is 208 g/mol. The Labute approximate surface area is 95.8 Å². The van der Waals surface area contributed by atoms with E-state index in [4.69, 9.17) is 0 Å². The lowest BCUT2D eigenvalue weighted by Crippen LogP contribution is -2.59. The fourth-order valence-corrected chi connectivity index (χ4v) is 4.41. The maximum atomic E-state index is 2.50. The molecule has 0 aromatic carbocycles. The van der Waals surface area contributed by atoms with Crippen LogP contribution in [0.2, 0.25) is 0 Å². The van der Waals surface area contributed by atoms with Crippen LogP contribution in [0.5, 0.6) is 0 Å². The highest BCUT2D eigenvalue weighted by Crippen LogP contribution is 2.66. The molecule has 2 aliphatic rings. The van der Waals surface area contributed by atoms with Crippen LogP contribution in [-0.2, 0) is 0 Å². The summed E-state index contributed by atoms with van der Waals surface area (Å²) in [5.74, 6) is 5.89. The summed E-state index contributed by atoms with van der Waals surface area (Å²) < 4.78 is 0. The van der Waals surface area contributed by atoms with Crippen molar-refractivity contribution in [2.75, 3.05) is 0 Å². The van der Waals surface area contributed by atoms with Gasteiger partial charge in [0.25, 0.3) is 0 Å². The minimum absolute atomic E-state index is 0.665. The second-order valence-electron chi connectivity index (χ2n) is 7.34. The van der Waals surface area contributed by atoms with E-state index in [0.717, 1.165) is 35.5 Å². The normalized spacial score (nSPS) is 41.4. The van der Waals surface area contributed by atoms with E-state index in [9.17, 15) is 0 Å². The molecule has 15 heavy (non-hydrogen) atoms. The lowest BCUT2D eigenvalue weighted by atomic mass is 9.39. The van der Waals surface area contributed by atoms with Crippen LogP contribution in [0.3, 0.4) is 0 Å². The van der Waals surface area contributed by atoms with Gasteiger partial charge in [0.1, 0.15) is 0 Å². The second kappa shape index (κ2) is 3.50. The third kappa shape index (κ3) is 1.65. The van der Waals surface area contributed by atoms with E-state index in [2.05, 4.69) is 41.5 Å². The summed E-state index contributed by atoms with van der Waals surface area (Å²) in [5.41, 5.74) is 0.665. The van der Waals surface area contributed by atoms with E-state index in [1.165, 1.54) is 12.8 Å². The highest BCUT2D eigenvalue weighted by molar-refractivity contribution is 5.08. The van der Waals surface area contributed by atoms with Crippen LogP contribution in [0.4, 0.5) is 0 Å². The molecule has 0 aliphatic heterocycles. The van der Waals surface area contributed by atoms with Crippen molar-refractivity contribution in [2.45, 2.75) is 54.4 Å². The molecule has 0 amide bonds. The molecule has 0 heterocycles. The Bertz CT molecular complexity index is 238. The van der Waals surface area contributed by atoms with Gasteiger partial charge in [0, 0.05) is 0 Å². The van der Waals surface area contributed by atoms with E-state index in [1.807, 2.05) is 0 Å². The maximum Gasteiger partial charge on any atom is -0.0303 e. The van der Waals surface area contributed by atoms with Crippen molar-refractivity contribution >= 4 is 0 Å². The quantitative estimate of drug-likeness (QED) is 0.636. The molecule has 0 nitrogen and oxygen atoms in total. The minimum Gasteiger partial charge on any atom is -0.0625 e. The van der Waals surface area contributed by atoms with Gasteiger partial charge in [0.15, 0.2) is 0 Å². The van der Waals surface area contributed by atoms with Gasteiger partial charge < -0.3 is 0 Å². The fourth-order valence-electron chi connectivity index (χ4n) is 4.41. The standard InChI is InChI=1S/C15H28/c1-9(2)10(3)11(4)13-7-12-8-15(5,6)14(12)13/h9-14H,7-8H2,1-6H3. The Kier molecular flexibility index (Phi) is 2.68. The lowest BCUT2D eigenvalue weighted by Gasteiger charge is -2.66. The molecular formula is C15H28. The molecular weight excluding hydrogens is 180 g/mol. The van der Waals surface area contributed by atoms with Crippen LogP contribution in [0.1, 0.15) is 54.4 Å². The molecule has 0 heteroatoms. The number of hydrogen-bond acceptors (Lipinski definition) is 0. The molecule has 2 fully saturated rings. The summed E-state index contributed by atoms with van der Waals surface area (Å²) >= 11 is 0. The van der Waals surface area contributed by atoms with Gasteiger partial charge >= 0.3 is 0 Å². The molecule has 5 atom stereocenters. The molecule has 2 aliphatic carbocycles. The van der Waals surface area contributed by atoms with Gasteiger partial charge in [-0.25, -0.2) is 0 Å². The van der Waals surface area contributed by atoms with Gasteiger partial charge in [-0.15, -0.1) is 0 Å². The van der Waals surface area contributed by atoms with E-state index in [0.29, 0.717) is 5.41 Å². The lowest BCUT2D eigenvalue weighted by molar-refractivity contribution is -0.170. The zero-order chi connectivity index (χ0) is 11.4. The molecule has 0 bridgehead atoms. The average molecular weight is 208 g/mol. The molecule has 2 rings (SSSR count).